The topological polar surface area (TPSA) is 71.6 Å². The summed E-state index contributed by atoms with van der Waals surface area (Å²) in [5.74, 6) is -0.682. The van der Waals surface area contributed by atoms with Crippen molar-refractivity contribution in [3.63, 3.8) is 0 Å². The van der Waals surface area contributed by atoms with Gasteiger partial charge in [-0.3, -0.25) is 9.36 Å². The number of nitrogens with one attached hydrogen (secondary N) is 1. The van der Waals surface area contributed by atoms with Crippen LogP contribution in [0, 0.1) is 9.77 Å². The Kier molecular flexibility index (Phi) is 7.27. The molecule has 3 aromatic carbocycles. The fourth-order valence-corrected chi connectivity index (χ4v) is 5.02. The van der Waals surface area contributed by atoms with Crippen molar-refractivity contribution in [1.29, 1.82) is 0 Å². The molecule has 2 aromatic heterocycles. The average molecular weight is 546 g/mol. The summed E-state index contributed by atoms with van der Waals surface area (Å²) in [6, 6.07) is 24.9. The second-order valence-corrected chi connectivity index (χ2v) is 9.73. The van der Waals surface area contributed by atoms with Crippen LogP contribution in [0.5, 0.6) is 0 Å². The van der Waals surface area contributed by atoms with E-state index in [2.05, 4.69) is 20.5 Å². The van der Waals surface area contributed by atoms with Crippen molar-refractivity contribution in [1.82, 2.24) is 15.0 Å². The molecule has 0 fully saturated rings. The fraction of sp³-hybridized carbons (Fsp3) is 0. The molecule has 10 heteroatoms. The van der Waals surface area contributed by atoms with Crippen LogP contribution in [-0.4, -0.2) is 27.9 Å². The van der Waals surface area contributed by atoms with Crippen molar-refractivity contribution < 1.29 is 9.18 Å². The van der Waals surface area contributed by atoms with E-state index in [4.69, 9.17) is 23.8 Å². The number of nitrogens with zero attached hydrogens (tertiary/aromatic N) is 4. The van der Waals surface area contributed by atoms with Crippen molar-refractivity contribution in [2.24, 2.45) is 10.1 Å². The zero-order valence-corrected chi connectivity index (χ0v) is 21.4. The van der Waals surface area contributed by atoms with Gasteiger partial charge in [0.05, 0.1) is 11.7 Å². The maximum absolute atomic E-state index is 14.2. The second-order valence-electron chi connectivity index (χ2n) is 7.73. The highest BCUT2D eigenvalue weighted by molar-refractivity contribution is 7.73. The molecule has 0 radical (unpaired) electrons. The summed E-state index contributed by atoms with van der Waals surface area (Å²) in [4.78, 5) is 22.2. The Morgan fingerprint density at radius 3 is 2.54 bits per heavy atom. The Morgan fingerprint density at radius 2 is 1.73 bits per heavy atom. The zero-order chi connectivity index (χ0) is 25.8. The molecule has 0 saturated carbocycles. The molecule has 37 heavy (non-hydrogen) atoms. The van der Waals surface area contributed by atoms with Gasteiger partial charge in [-0.2, -0.15) is 5.10 Å². The molecule has 5 rings (SSSR count). The van der Waals surface area contributed by atoms with Crippen molar-refractivity contribution in [3.05, 3.63) is 116 Å². The molecule has 0 bridgehead atoms. The Morgan fingerprint density at radius 1 is 1.00 bits per heavy atom. The zero-order valence-electron chi connectivity index (χ0n) is 19.0. The van der Waals surface area contributed by atoms with E-state index in [1.165, 1.54) is 18.5 Å². The van der Waals surface area contributed by atoms with Gasteiger partial charge in [0.2, 0.25) is 0 Å². The van der Waals surface area contributed by atoms with E-state index in [0.29, 0.717) is 9.52 Å². The van der Waals surface area contributed by atoms with E-state index in [-0.39, 0.29) is 21.4 Å². The molecule has 0 spiro atoms. The van der Waals surface area contributed by atoms with E-state index in [0.717, 1.165) is 27.9 Å². The highest BCUT2D eigenvalue weighted by Gasteiger charge is 2.20. The van der Waals surface area contributed by atoms with Crippen LogP contribution in [0.3, 0.4) is 0 Å². The number of aromatic nitrogens is 2. The SMILES string of the molecule is O=C(N/N=C/c1cc2ccccc2nc1Cl)c1sc(=S)n(-c2ccccc2)c1/N=C/c1ccccc1F. The number of hydrogen-bond donors (Lipinski definition) is 1. The Hall–Kier alpha value is -4.05. The summed E-state index contributed by atoms with van der Waals surface area (Å²) in [5.41, 5.74) is 4.82. The highest BCUT2D eigenvalue weighted by atomic mass is 35.5. The minimum Gasteiger partial charge on any atom is -0.276 e. The number of aliphatic imine (C=N–C) groups is 1. The van der Waals surface area contributed by atoms with Gasteiger partial charge in [-0.1, -0.05) is 77.5 Å². The monoisotopic (exact) mass is 545 g/mol. The standard InChI is InChI=1S/C27H17ClFN5OS2/c28-24-19(14-17-8-5-7-13-22(17)32-24)16-31-33-26(35)23-25(30-15-18-9-4-6-12-21(18)29)34(27(36)37-23)20-10-2-1-3-11-20/h1-16H,(H,33,35)/b30-15+,31-16+. The molecular formula is C27H17ClFN5OS2. The maximum Gasteiger partial charge on any atom is 0.285 e. The number of rotatable bonds is 6. The van der Waals surface area contributed by atoms with Gasteiger partial charge in [-0.15, -0.1) is 0 Å². The third-order valence-corrected chi connectivity index (χ3v) is 6.98. The molecule has 182 valence electrons. The van der Waals surface area contributed by atoms with E-state index < -0.39 is 11.7 Å². The lowest BCUT2D eigenvalue weighted by molar-refractivity contribution is 0.0959. The molecular weight excluding hydrogens is 529 g/mol. The first-order valence-electron chi connectivity index (χ1n) is 11.0. The highest BCUT2D eigenvalue weighted by Crippen LogP contribution is 2.31. The molecule has 0 aliphatic carbocycles. The predicted molar refractivity (Wildman–Crippen MR) is 150 cm³/mol. The number of hydrogen-bond acceptors (Lipinski definition) is 6. The molecule has 6 nitrogen and oxygen atoms in total. The normalized spacial score (nSPS) is 11.5. The summed E-state index contributed by atoms with van der Waals surface area (Å²) >= 11 is 12.9. The number of fused-ring (bicyclic) bond motifs is 1. The van der Waals surface area contributed by atoms with Crippen LogP contribution in [-0.2, 0) is 0 Å². The first kappa shape index (κ1) is 24.6. The summed E-state index contributed by atoms with van der Waals surface area (Å²) in [6.45, 7) is 0. The number of amides is 1. The summed E-state index contributed by atoms with van der Waals surface area (Å²) in [5, 5.41) is 5.23. The first-order valence-corrected chi connectivity index (χ1v) is 12.6. The molecule has 0 atom stereocenters. The van der Waals surface area contributed by atoms with E-state index in [1.807, 2.05) is 60.7 Å². The summed E-state index contributed by atoms with van der Waals surface area (Å²) < 4.78 is 16.3. The minimum absolute atomic E-state index is 0.223. The number of benzene rings is 3. The van der Waals surface area contributed by atoms with Crippen LogP contribution in [0.25, 0.3) is 16.6 Å². The fourth-order valence-electron chi connectivity index (χ4n) is 3.56. The quantitative estimate of drug-likeness (QED) is 0.107. The van der Waals surface area contributed by atoms with Crippen molar-refractivity contribution in [2.75, 3.05) is 0 Å². The van der Waals surface area contributed by atoms with Crippen LogP contribution >= 0.6 is 35.2 Å². The van der Waals surface area contributed by atoms with E-state index in [1.54, 1.807) is 22.8 Å². The Bertz CT molecular complexity index is 1730. The second kappa shape index (κ2) is 10.9. The third kappa shape index (κ3) is 5.39. The molecule has 0 aliphatic rings. The van der Waals surface area contributed by atoms with Gasteiger partial charge < -0.3 is 0 Å². The average Bonchev–Trinajstić information content (AvgIpc) is 3.25. The van der Waals surface area contributed by atoms with Crippen molar-refractivity contribution in [2.45, 2.75) is 0 Å². The van der Waals surface area contributed by atoms with Crippen LogP contribution in [0.4, 0.5) is 10.2 Å². The van der Waals surface area contributed by atoms with Gasteiger partial charge in [0.1, 0.15) is 15.8 Å². The molecule has 5 aromatic rings. The van der Waals surface area contributed by atoms with Gasteiger partial charge >= 0.3 is 0 Å². The number of pyridine rings is 1. The Labute approximate surface area is 225 Å². The van der Waals surface area contributed by atoms with Gasteiger partial charge in [0, 0.05) is 28.4 Å². The van der Waals surface area contributed by atoms with Crippen LogP contribution in [0.1, 0.15) is 20.8 Å². The molecule has 1 N–H and O–H groups in total. The molecule has 1 amide bonds. The predicted octanol–water partition coefficient (Wildman–Crippen LogP) is 7.12. The van der Waals surface area contributed by atoms with Gasteiger partial charge in [0.25, 0.3) is 5.91 Å². The Balaban J connectivity index is 1.48. The lowest BCUT2D eigenvalue weighted by atomic mass is 10.2. The summed E-state index contributed by atoms with van der Waals surface area (Å²) in [6.07, 6.45) is 2.79. The molecule has 2 heterocycles. The number of hydrazone groups is 1. The summed E-state index contributed by atoms with van der Waals surface area (Å²) in [7, 11) is 0. The number of para-hydroxylation sites is 2. The van der Waals surface area contributed by atoms with Crippen LogP contribution in [0.2, 0.25) is 5.15 Å². The number of carbonyl (C=O) groups is 1. The molecule has 0 aliphatic heterocycles. The van der Waals surface area contributed by atoms with Crippen molar-refractivity contribution in [3.8, 4) is 5.69 Å². The number of halogens is 2. The number of thiazole rings is 1. The lowest BCUT2D eigenvalue weighted by Crippen LogP contribution is -2.17. The molecule has 0 unspecified atom stereocenters. The van der Waals surface area contributed by atoms with Crippen LogP contribution in [0.15, 0.2) is 95.0 Å². The minimum atomic E-state index is -0.521. The van der Waals surface area contributed by atoms with Gasteiger partial charge in [-0.05, 0) is 42.5 Å². The third-order valence-electron chi connectivity index (χ3n) is 5.31. The first-order chi connectivity index (χ1) is 18.0. The number of carbonyl (C=O) groups excluding carboxylic acids is 1. The lowest BCUT2D eigenvalue weighted by Gasteiger charge is -2.07. The van der Waals surface area contributed by atoms with Gasteiger partial charge in [0.15, 0.2) is 9.77 Å². The largest absolute Gasteiger partial charge is 0.285 e. The van der Waals surface area contributed by atoms with Crippen LogP contribution < -0.4 is 5.43 Å². The van der Waals surface area contributed by atoms with Crippen molar-refractivity contribution >= 4 is 70.2 Å². The molecule has 0 saturated heterocycles. The van der Waals surface area contributed by atoms with E-state index in [9.17, 15) is 9.18 Å². The van der Waals surface area contributed by atoms with E-state index >= 15 is 0 Å². The maximum atomic E-state index is 14.2. The van der Waals surface area contributed by atoms with Gasteiger partial charge in [-0.25, -0.2) is 19.8 Å². The smallest absolute Gasteiger partial charge is 0.276 e.